The van der Waals surface area contributed by atoms with Crippen molar-refractivity contribution in [3.63, 3.8) is 0 Å². The van der Waals surface area contributed by atoms with Gasteiger partial charge in [0.05, 0.1) is 7.11 Å². The number of methoxy groups -OCH3 is 1. The molecule has 0 aliphatic heterocycles. The average molecular weight is 207 g/mol. The predicted octanol–water partition coefficient (Wildman–Crippen LogP) is 3.32. The molecule has 0 atom stereocenters. The molecule has 2 nitrogen and oxygen atoms in total. The molecular formula is C13H21NO. The van der Waals surface area contributed by atoms with Gasteiger partial charge < -0.3 is 9.64 Å². The molecule has 0 fully saturated rings. The lowest BCUT2D eigenvalue weighted by molar-refractivity contribution is 0.414. The Morgan fingerprint density at radius 2 is 1.80 bits per heavy atom. The fraction of sp³-hybridized carbons (Fsp3) is 0.538. The van der Waals surface area contributed by atoms with Gasteiger partial charge in [-0.05, 0) is 25.0 Å². The van der Waals surface area contributed by atoms with Gasteiger partial charge in [0.1, 0.15) is 5.75 Å². The molecule has 0 saturated carbocycles. The predicted molar refractivity (Wildman–Crippen MR) is 65.8 cm³/mol. The summed E-state index contributed by atoms with van der Waals surface area (Å²) in [5, 5.41) is 0. The van der Waals surface area contributed by atoms with Gasteiger partial charge in [-0.25, -0.2) is 0 Å². The van der Waals surface area contributed by atoms with Crippen molar-refractivity contribution in [2.45, 2.75) is 26.7 Å². The summed E-state index contributed by atoms with van der Waals surface area (Å²) in [6.45, 7) is 6.65. The Morgan fingerprint density at radius 3 is 2.33 bits per heavy atom. The lowest BCUT2D eigenvalue weighted by atomic mass is 10.2. The van der Waals surface area contributed by atoms with Crippen LogP contribution in [0.1, 0.15) is 26.7 Å². The molecule has 0 radical (unpaired) electrons. The molecule has 0 bridgehead atoms. The number of rotatable bonds is 6. The van der Waals surface area contributed by atoms with Crippen LogP contribution in [0.5, 0.6) is 5.75 Å². The van der Waals surface area contributed by atoms with Crippen molar-refractivity contribution in [3.8, 4) is 5.75 Å². The smallest absolute Gasteiger partial charge is 0.120 e. The third-order valence-corrected chi connectivity index (χ3v) is 2.41. The van der Waals surface area contributed by atoms with Crippen molar-refractivity contribution in [2.75, 3.05) is 25.1 Å². The Balaban J connectivity index is 2.79. The second-order valence-corrected chi connectivity index (χ2v) is 3.69. The van der Waals surface area contributed by atoms with Gasteiger partial charge in [0.2, 0.25) is 0 Å². The molecule has 0 heterocycles. The van der Waals surface area contributed by atoms with Crippen molar-refractivity contribution in [1.29, 1.82) is 0 Å². The summed E-state index contributed by atoms with van der Waals surface area (Å²) in [6, 6.07) is 8.28. The third kappa shape index (κ3) is 3.46. The van der Waals surface area contributed by atoms with Crippen molar-refractivity contribution in [1.82, 2.24) is 0 Å². The van der Waals surface area contributed by atoms with E-state index in [1.54, 1.807) is 7.11 Å². The largest absolute Gasteiger partial charge is 0.497 e. The average Bonchev–Trinajstić information content (AvgIpc) is 2.29. The molecule has 0 spiro atoms. The molecule has 0 saturated heterocycles. The summed E-state index contributed by atoms with van der Waals surface area (Å²) in [5.41, 5.74) is 1.26. The van der Waals surface area contributed by atoms with Crippen LogP contribution in [-0.4, -0.2) is 20.2 Å². The summed E-state index contributed by atoms with van der Waals surface area (Å²) < 4.78 is 5.23. The van der Waals surface area contributed by atoms with Crippen LogP contribution in [0.15, 0.2) is 24.3 Å². The minimum atomic E-state index is 0.935. The SMILES string of the molecule is CCCN(CCC)c1cccc(OC)c1. The van der Waals surface area contributed by atoms with Crippen LogP contribution in [0.2, 0.25) is 0 Å². The van der Waals surface area contributed by atoms with E-state index in [0.717, 1.165) is 18.8 Å². The molecule has 2 heteroatoms. The zero-order valence-electron chi connectivity index (χ0n) is 9.99. The molecule has 84 valence electrons. The maximum Gasteiger partial charge on any atom is 0.120 e. The lowest BCUT2D eigenvalue weighted by Crippen LogP contribution is -2.24. The van der Waals surface area contributed by atoms with Crippen LogP contribution in [0.4, 0.5) is 5.69 Å². The second kappa shape index (κ2) is 6.33. The zero-order chi connectivity index (χ0) is 11.1. The van der Waals surface area contributed by atoms with E-state index >= 15 is 0 Å². The Bertz CT molecular complexity index is 280. The normalized spacial score (nSPS) is 10.1. The fourth-order valence-electron chi connectivity index (χ4n) is 1.72. The molecule has 0 aliphatic rings. The van der Waals surface area contributed by atoms with Gasteiger partial charge in [-0.1, -0.05) is 19.9 Å². The molecule has 0 amide bonds. The molecule has 0 N–H and O–H groups in total. The Morgan fingerprint density at radius 1 is 1.13 bits per heavy atom. The topological polar surface area (TPSA) is 12.5 Å². The third-order valence-electron chi connectivity index (χ3n) is 2.41. The van der Waals surface area contributed by atoms with Gasteiger partial charge in [0, 0.05) is 24.8 Å². The van der Waals surface area contributed by atoms with Gasteiger partial charge in [0.25, 0.3) is 0 Å². The van der Waals surface area contributed by atoms with Crippen molar-refractivity contribution in [3.05, 3.63) is 24.3 Å². The highest BCUT2D eigenvalue weighted by molar-refractivity contribution is 5.50. The number of anilines is 1. The van der Waals surface area contributed by atoms with Crippen LogP contribution in [-0.2, 0) is 0 Å². The van der Waals surface area contributed by atoms with Crippen molar-refractivity contribution < 1.29 is 4.74 Å². The molecule has 1 aromatic rings. The van der Waals surface area contributed by atoms with Crippen LogP contribution in [0, 0.1) is 0 Å². The maximum absolute atomic E-state index is 5.23. The van der Waals surface area contributed by atoms with Crippen molar-refractivity contribution >= 4 is 5.69 Å². The molecule has 1 aromatic carbocycles. The molecule has 0 unspecified atom stereocenters. The van der Waals surface area contributed by atoms with E-state index < -0.39 is 0 Å². The van der Waals surface area contributed by atoms with Crippen LogP contribution in [0.3, 0.4) is 0 Å². The number of ether oxygens (including phenoxy) is 1. The summed E-state index contributed by atoms with van der Waals surface area (Å²) in [5.74, 6) is 0.935. The monoisotopic (exact) mass is 207 g/mol. The summed E-state index contributed by atoms with van der Waals surface area (Å²) in [7, 11) is 1.71. The Kier molecular flexibility index (Phi) is 5.02. The van der Waals surface area contributed by atoms with Gasteiger partial charge in [-0.2, -0.15) is 0 Å². The van der Waals surface area contributed by atoms with E-state index in [2.05, 4.69) is 30.9 Å². The van der Waals surface area contributed by atoms with E-state index in [9.17, 15) is 0 Å². The van der Waals surface area contributed by atoms with Gasteiger partial charge in [0.15, 0.2) is 0 Å². The first-order chi connectivity index (χ1) is 7.31. The molecule has 1 rings (SSSR count). The first kappa shape index (κ1) is 11.9. The fourth-order valence-corrected chi connectivity index (χ4v) is 1.72. The number of nitrogens with zero attached hydrogens (tertiary/aromatic N) is 1. The Labute approximate surface area is 92.9 Å². The molecule has 0 aromatic heterocycles. The number of benzene rings is 1. The molecule has 0 aliphatic carbocycles. The van der Waals surface area contributed by atoms with E-state index in [-0.39, 0.29) is 0 Å². The summed E-state index contributed by atoms with van der Waals surface area (Å²) in [6.07, 6.45) is 2.36. The maximum atomic E-state index is 5.23. The van der Waals surface area contributed by atoms with Gasteiger partial charge >= 0.3 is 0 Å². The number of hydrogen-bond donors (Lipinski definition) is 0. The van der Waals surface area contributed by atoms with E-state index in [1.165, 1.54) is 18.5 Å². The van der Waals surface area contributed by atoms with E-state index in [4.69, 9.17) is 4.74 Å². The lowest BCUT2D eigenvalue weighted by Gasteiger charge is -2.24. The van der Waals surface area contributed by atoms with Crippen LogP contribution in [0.25, 0.3) is 0 Å². The minimum absolute atomic E-state index is 0.935. The first-order valence-electron chi connectivity index (χ1n) is 5.70. The molecular weight excluding hydrogens is 186 g/mol. The highest BCUT2D eigenvalue weighted by atomic mass is 16.5. The van der Waals surface area contributed by atoms with Gasteiger partial charge in [-0.15, -0.1) is 0 Å². The number of hydrogen-bond acceptors (Lipinski definition) is 2. The Hall–Kier alpha value is -1.18. The second-order valence-electron chi connectivity index (χ2n) is 3.69. The van der Waals surface area contributed by atoms with Gasteiger partial charge in [-0.3, -0.25) is 0 Å². The first-order valence-corrected chi connectivity index (χ1v) is 5.70. The zero-order valence-corrected chi connectivity index (χ0v) is 9.99. The standard InChI is InChI=1S/C13H21NO/c1-4-9-14(10-5-2)12-7-6-8-13(11-12)15-3/h6-8,11H,4-5,9-10H2,1-3H3. The van der Waals surface area contributed by atoms with Crippen LogP contribution >= 0.6 is 0 Å². The highest BCUT2D eigenvalue weighted by Crippen LogP contribution is 2.21. The summed E-state index contributed by atoms with van der Waals surface area (Å²) >= 11 is 0. The molecule has 15 heavy (non-hydrogen) atoms. The van der Waals surface area contributed by atoms with E-state index in [1.807, 2.05) is 12.1 Å². The van der Waals surface area contributed by atoms with Crippen LogP contribution < -0.4 is 9.64 Å². The summed E-state index contributed by atoms with van der Waals surface area (Å²) in [4.78, 5) is 2.41. The van der Waals surface area contributed by atoms with Crippen molar-refractivity contribution in [2.24, 2.45) is 0 Å². The van der Waals surface area contributed by atoms with E-state index in [0.29, 0.717) is 0 Å². The highest BCUT2D eigenvalue weighted by Gasteiger charge is 2.04. The minimum Gasteiger partial charge on any atom is -0.497 e. The quantitative estimate of drug-likeness (QED) is 0.709.